The first-order valence-corrected chi connectivity index (χ1v) is 10.2. The fourth-order valence-electron chi connectivity index (χ4n) is 4.32. The number of carbonyl (C=O) groups is 3. The molecule has 0 radical (unpaired) electrons. The van der Waals surface area contributed by atoms with Crippen molar-refractivity contribution in [1.82, 2.24) is 15.1 Å². The Morgan fingerprint density at radius 2 is 1.89 bits per heavy atom. The topological polar surface area (TPSA) is 69.7 Å². The molecule has 1 aromatic carbocycles. The van der Waals surface area contributed by atoms with E-state index < -0.39 is 11.6 Å². The molecule has 3 rings (SSSR count). The highest BCUT2D eigenvalue weighted by molar-refractivity contribution is 9.10. The maximum atomic E-state index is 13.1. The van der Waals surface area contributed by atoms with Gasteiger partial charge in [0.1, 0.15) is 12.1 Å². The summed E-state index contributed by atoms with van der Waals surface area (Å²) in [6.07, 6.45) is 2.86. The lowest BCUT2D eigenvalue weighted by molar-refractivity contribution is -0.141. The van der Waals surface area contributed by atoms with Crippen molar-refractivity contribution in [1.29, 1.82) is 0 Å². The van der Waals surface area contributed by atoms with Gasteiger partial charge in [-0.25, -0.2) is 4.79 Å². The summed E-state index contributed by atoms with van der Waals surface area (Å²) in [5.41, 5.74) is 0.105. The zero-order valence-corrected chi connectivity index (χ0v) is 17.6. The van der Waals surface area contributed by atoms with Gasteiger partial charge in [0.2, 0.25) is 5.91 Å². The van der Waals surface area contributed by atoms with Crippen LogP contribution in [0.2, 0.25) is 0 Å². The molecule has 2 aliphatic rings. The molecule has 2 fully saturated rings. The van der Waals surface area contributed by atoms with Crippen LogP contribution in [0.15, 0.2) is 28.7 Å². The molecule has 1 heterocycles. The summed E-state index contributed by atoms with van der Waals surface area (Å²) in [7, 11) is 1.68. The lowest BCUT2D eigenvalue weighted by Gasteiger charge is -2.42. The highest BCUT2D eigenvalue weighted by Gasteiger charge is 2.58. The summed E-state index contributed by atoms with van der Waals surface area (Å²) < 4.78 is 0.920. The van der Waals surface area contributed by atoms with Crippen LogP contribution in [0.25, 0.3) is 0 Å². The summed E-state index contributed by atoms with van der Waals surface area (Å²) in [4.78, 5) is 41.0. The molecule has 1 aliphatic heterocycles. The van der Waals surface area contributed by atoms with Crippen molar-refractivity contribution in [2.24, 2.45) is 11.8 Å². The van der Waals surface area contributed by atoms with Crippen molar-refractivity contribution < 1.29 is 14.4 Å². The third-order valence-electron chi connectivity index (χ3n) is 6.07. The second kappa shape index (κ2) is 7.62. The number of hydrogen-bond acceptors (Lipinski definition) is 3. The molecule has 1 spiro atoms. The average molecular weight is 436 g/mol. The second-order valence-electron chi connectivity index (χ2n) is 7.76. The van der Waals surface area contributed by atoms with Gasteiger partial charge >= 0.3 is 6.03 Å². The smallest absolute Gasteiger partial charge is 0.325 e. The van der Waals surface area contributed by atoms with Gasteiger partial charge in [0, 0.05) is 18.1 Å². The number of nitrogens with one attached hydrogen (secondary N) is 1. The van der Waals surface area contributed by atoms with Crippen LogP contribution in [-0.4, -0.2) is 46.8 Å². The highest BCUT2D eigenvalue weighted by Crippen LogP contribution is 2.42. The minimum absolute atomic E-state index is 0.0656. The fraction of sp³-hybridized carbons (Fsp3) is 0.550. The van der Waals surface area contributed by atoms with Crippen LogP contribution in [0.5, 0.6) is 0 Å². The molecule has 2 atom stereocenters. The predicted octanol–water partition coefficient (Wildman–Crippen LogP) is 3.15. The van der Waals surface area contributed by atoms with E-state index in [0.29, 0.717) is 6.54 Å². The van der Waals surface area contributed by atoms with Gasteiger partial charge in [0.25, 0.3) is 5.91 Å². The molecule has 0 aromatic heterocycles. The van der Waals surface area contributed by atoms with Crippen molar-refractivity contribution in [2.45, 2.75) is 45.2 Å². The van der Waals surface area contributed by atoms with Gasteiger partial charge in [-0.2, -0.15) is 0 Å². The largest absolute Gasteiger partial charge is 0.340 e. The molecule has 1 saturated heterocycles. The molecule has 1 saturated carbocycles. The molecule has 0 bridgehead atoms. The number of rotatable bonds is 4. The zero-order chi connectivity index (χ0) is 19.8. The monoisotopic (exact) mass is 435 g/mol. The van der Waals surface area contributed by atoms with E-state index in [9.17, 15) is 14.4 Å². The van der Waals surface area contributed by atoms with Gasteiger partial charge in [-0.3, -0.25) is 14.5 Å². The summed E-state index contributed by atoms with van der Waals surface area (Å²) >= 11 is 3.48. The first-order valence-electron chi connectivity index (χ1n) is 9.38. The van der Waals surface area contributed by atoms with E-state index in [4.69, 9.17) is 0 Å². The number of amides is 4. The number of urea groups is 1. The SMILES string of the molecule is CC1CCCC(C)C12NC(=O)N(CC(=O)N(C)Cc1ccccc1Br)C2=O. The molecule has 1 aliphatic carbocycles. The van der Waals surface area contributed by atoms with E-state index in [1.54, 1.807) is 11.9 Å². The van der Waals surface area contributed by atoms with Crippen LogP contribution >= 0.6 is 15.9 Å². The van der Waals surface area contributed by atoms with Gasteiger partial charge in [0.15, 0.2) is 0 Å². The third kappa shape index (κ3) is 3.49. The Hall–Kier alpha value is -1.89. The maximum absolute atomic E-state index is 13.1. The van der Waals surface area contributed by atoms with Crippen molar-refractivity contribution in [3.63, 3.8) is 0 Å². The molecule has 2 unspecified atom stereocenters. The van der Waals surface area contributed by atoms with Gasteiger partial charge in [-0.05, 0) is 36.3 Å². The second-order valence-corrected chi connectivity index (χ2v) is 8.62. The van der Waals surface area contributed by atoms with Gasteiger partial charge in [0.05, 0.1) is 0 Å². The van der Waals surface area contributed by atoms with E-state index in [1.807, 2.05) is 38.1 Å². The normalized spacial score (nSPS) is 27.8. The van der Waals surface area contributed by atoms with Gasteiger partial charge < -0.3 is 10.2 Å². The fourth-order valence-corrected chi connectivity index (χ4v) is 4.73. The van der Waals surface area contributed by atoms with Crippen molar-refractivity contribution in [3.8, 4) is 0 Å². The lowest BCUT2D eigenvalue weighted by Crippen LogP contribution is -2.59. The highest BCUT2D eigenvalue weighted by atomic mass is 79.9. The van der Waals surface area contributed by atoms with Crippen LogP contribution in [0.1, 0.15) is 38.7 Å². The Kier molecular flexibility index (Phi) is 5.60. The molecule has 4 amide bonds. The van der Waals surface area contributed by atoms with Gasteiger partial charge in [-0.15, -0.1) is 0 Å². The van der Waals surface area contributed by atoms with E-state index in [-0.39, 0.29) is 30.2 Å². The standard InChI is InChI=1S/C20H26BrN3O3/c1-13-7-6-8-14(2)20(13)18(26)24(19(27)22-20)12-17(25)23(3)11-15-9-4-5-10-16(15)21/h4-5,9-10,13-14H,6-8,11-12H2,1-3H3,(H,22,27). The average Bonchev–Trinajstić information content (AvgIpc) is 2.87. The van der Waals surface area contributed by atoms with Crippen molar-refractivity contribution in [2.75, 3.05) is 13.6 Å². The number of benzene rings is 1. The number of hydrogen-bond donors (Lipinski definition) is 1. The van der Waals surface area contributed by atoms with Crippen LogP contribution in [0.4, 0.5) is 4.79 Å². The van der Waals surface area contributed by atoms with E-state index in [2.05, 4.69) is 21.2 Å². The van der Waals surface area contributed by atoms with Crippen LogP contribution in [0.3, 0.4) is 0 Å². The minimum Gasteiger partial charge on any atom is -0.340 e. The van der Waals surface area contributed by atoms with Crippen LogP contribution in [-0.2, 0) is 16.1 Å². The van der Waals surface area contributed by atoms with E-state index >= 15 is 0 Å². The third-order valence-corrected chi connectivity index (χ3v) is 6.84. The Bertz CT molecular complexity index is 757. The van der Waals surface area contributed by atoms with Crippen molar-refractivity contribution in [3.05, 3.63) is 34.3 Å². The minimum atomic E-state index is -0.864. The number of halogens is 1. The summed E-state index contributed by atoms with van der Waals surface area (Å²) in [6, 6.07) is 7.21. The summed E-state index contributed by atoms with van der Waals surface area (Å²) in [5, 5.41) is 2.93. The summed E-state index contributed by atoms with van der Waals surface area (Å²) in [5.74, 6) is -0.385. The molecule has 7 heteroatoms. The number of carbonyl (C=O) groups excluding carboxylic acids is 3. The van der Waals surface area contributed by atoms with Crippen LogP contribution < -0.4 is 5.32 Å². The Labute approximate surface area is 168 Å². The van der Waals surface area contributed by atoms with Gasteiger partial charge in [-0.1, -0.05) is 54.4 Å². The van der Waals surface area contributed by atoms with E-state index in [1.165, 1.54) is 0 Å². The molecule has 1 N–H and O–H groups in total. The Balaban J connectivity index is 1.71. The molecule has 146 valence electrons. The molecular weight excluding hydrogens is 410 g/mol. The van der Waals surface area contributed by atoms with Crippen LogP contribution in [0, 0.1) is 11.8 Å². The number of likely N-dealkylation sites (N-methyl/N-ethyl adjacent to an activating group) is 1. The number of imide groups is 1. The Morgan fingerprint density at radius 1 is 1.26 bits per heavy atom. The zero-order valence-electron chi connectivity index (χ0n) is 16.0. The predicted molar refractivity (Wildman–Crippen MR) is 106 cm³/mol. The maximum Gasteiger partial charge on any atom is 0.325 e. The number of nitrogens with zero attached hydrogens (tertiary/aromatic N) is 2. The quantitative estimate of drug-likeness (QED) is 0.738. The van der Waals surface area contributed by atoms with Crippen molar-refractivity contribution >= 4 is 33.8 Å². The molecular formula is C20H26BrN3O3. The molecule has 1 aromatic rings. The first kappa shape index (κ1) is 19.9. The Morgan fingerprint density at radius 3 is 2.52 bits per heavy atom. The summed E-state index contributed by atoms with van der Waals surface area (Å²) in [6.45, 7) is 4.20. The lowest BCUT2D eigenvalue weighted by atomic mass is 9.67. The molecule has 6 nitrogen and oxygen atoms in total. The molecule has 27 heavy (non-hydrogen) atoms. The van der Waals surface area contributed by atoms with E-state index in [0.717, 1.165) is 34.2 Å². The first-order chi connectivity index (χ1) is 12.8.